The molecular formula is C11H21NO. The topological polar surface area (TPSA) is 23.5 Å². The van der Waals surface area contributed by atoms with E-state index in [2.05, 4.69) is 18.7 Å². The van der Waals surface area contributed by atoms with E-state index in [1.165, 1.54) is 32.4 Å². The molecule has 0 aromatic rings. The van der Waals surface area contributed by atoms with Crippen molar-refractivity contribution in [3.63, 3.8) is 0 Å². The second-order valence-electron chi connectivity index (χ2n) is 5.49. The Kier molecular flexibility index (Phi) is 2.37. The van der Waals surface area contributed by atoms with Crippen molar-refractivity contribution < 1.29 is 5.11 Å². The monoisotopic (exact) mass is 183 g/mol. The summed E-state index contributed by atoms with van der Waals surface area (Å²) in [5.74, 6) is 0. The van der Waals surface area contributed by atoms with E-state index in [4.69, 9.17) is 0 Å². The molecule has 0 radical (unpaired) electrons. The van der Waals surface area contributed by atoms with Gasteiger partial charge in [0.05, 0.1) is 6.10 Å². The lowest BCUT2D eigenvalue weighted by molar-refractivity contribution is -0.0668. The maximum atomic E-state index is 9.83. The summed E-state index contributed by atoms with van der Waals surface area (Å²) in [5.41, 5.74) is 0.497. The van der Waals surface area contributed by atoms with Crippen molar-refractivity contribution in [2.45, 2.75) is 51.7 Å². The molecule has 2 aliphatic rings. The van der Waals surface area contributed by atoms with Gasteiger partial charge < -0.3 is 5.11 Å². The van der Waals surface area contributed by atoms with Crippen LogP contribution in [0.4, 0.5) is 0 Å². The van der Waals surface area contributed by atoms with Gasteiger partial charge in [0.1, 0.15) is 0 Å². The maximum absolute atomic E-state index is 9.83. The van der Waals surface area contributed by atoms with E-state index < -0.39 is 0 Å². The summed E-state index contributed by atoms with van der Waals surface area (Å²) in [6.45, 7) is 6.96. The van der Waals surface area contributed by atoms with Gasteiger partial charge in [-0.1, -0.05) is 26.7 Å². The molecular weight excluding hydrogens is 162 g/mol. The zero-order valence-corrected chi connectivity index (χ0v) is 8.79. The standard InChI is InChI=1S/C11H21NO/c1-11(2)7-12(8-11)9-5-3-4-6-10(9)13/h9-10,13H,3-8H2,1-2H3/t9-,10-/m1/s1. The molecule has 1 saturated heterocycles. The SMILES string of the molecule is CC1(C)CN([C@@H]2CCCC[C@H]2O)C1. The van der Waals surface area contributed by atoms with Gasteiger partial charge in [-0.2, -0.15) is 0 Å². The lowest BCUT2D eigenvalue weighted by Crippen LogP contribution is -2.60. The first-order valence-corrected chi connectivity index (χ1v) is 5.51. The molecule has 2 fully saturated rings. The first-order chi connectivity index (χ1) is 6.08. The van der Waals surface area contributed by atoms with Gasteiger partial charge in [0.2, 0.25) is 0 Å². The van der Waals surface area contributed by atoms with Crippen LogP contribution in [-0.4, -0.2) is 35.2 Å². The fourth-order valence-corrected chi connectivity index (χ4v) is 2.81. The van der Waals surface area contributed by atoms with E-state index in [1.807, 2.05) is 0 Å². The summed E-state index contributed by atoms with van der Waals surface area (Å²) in [6, 6.07) is 0.474. The van der Waals surface area contributed by atoms with Crippen LogP contribution in [0.25, 0.3) is 0 Å². The van der Waals surface area contributed by atoms with Crippen LogP contribution in [0.1, 0.15) is 39.5 Å². The smallest absolute Gasteiger partial charge is 0.0695 e. The van der Waals surface area contributed by atoms with Gasteiger partial charge in [-0.3, -0.25) is 4.90 Å². The molecule has 1 heterocycles. The number of aliphatic hydroxyl groups excluding tert-OH is 1. The Morgan fingerprint density at radius 2 is 1.77 bits per heavy atom. The molecule has 2 atom stereocenters. The Balaban J connectivity index is 1.87. The largest absolute Gasteiger partial charge is 0.391 e. The molecule has 2 heteroatoms. The highest BCUT2D eigenvalue weighted by Gasteiger charge is 2.40. The van der Waals surface area contributed by atoms with Crippen LogP contribution in [0.5, 0.6) is 0 Å². The number of aliphatic hydroxyl groups is 1. The average Bonchev–Trinajstić information content (AvgIpc) is 2.01. The molecule has 1 aliphatic heterocycles. The van der Waals surface area contributed by atoms with Crippen molar-refractivity contribution in [1.29, 1.82) is 0 Å². The van der Waals surface area contributed by atoms with Crippen molar-refractivity contribution in [2.24, 2.45) is 5.41 Å². The molecule has 2 nitrogen and oxygen atoms in total. The third kappa shape index (κ3) is 1.89. The van der Waals surface area contributed by atoms with E-state index in [1.54, 1.807) is 0 Å². The van der Waals surface area contributed by atoms with Gasteiger partial charge in [0.25, 0.3) is 0 Å². The molecule has 2 rings (SSSR count). The van der Waals surface area contributed by atoms with E-state index >= 15 is 0 Å². The minimum absolute atomic E-state index is 0.0511. The van der Waals surface area contributed by atoms with Crippen molar-refractivity contribution in [3.05, 3.63) is 0 Å². The predicted molar refractivity (Wildman–Crippen MR) is 53.6 cm³/mol. The zero-order valence-electron chi connectivity index (χ0n) is 8.79. The van der Waals surface area contributed by atoms with Gasteiger partial charge in [-0.25, -0.2) is 0 Å². The van der Waals surface area contributed by atoms with Gasteiger partial charge in [-0.05, 0) is 18.3 Å². The van der Waals surface area contributed by atoms with E-state index in [0.29, 0.717) is 11.5 Å². The van der Waals surface area contributed by atoms with Gasteiger partial charge >= 0.3 is 0 Å². The summed E-state index contributed by atoms with van der Waals surface area (Å²) in [6.07, 6.45) is 4.69. The highest BCUT2D eigenvalue weighted by Crippen LogP contribution is 2.35. The quantitative estimate of drug-likeness (QED) is 0.668. The lowest BCUT2D eigenvalue weighted by Gasteiger charge is -2.52. The molecule has 0 unspecified atom stereocenters. The number of likely N-dealkylation sites (tertiary alicyclic amines) is 1. The van der Waals surface area contributed by atoms with Crippen LogP contribution >= 0.6 is 0 Å². The minimum atomic E-state index is -0.0511. The average molecular weight is 183 g/mol. The van der Waals surface area contributed by atoms with E-state index in [9.17, 15) is 5.11 Å². The molecule has 0 aromatic heterocycles. The van der Waals surface area contributed by atoms with Crippen LogP contribution in [-0.2, 0) is 0 Å². The highest BCUT2D eigenvalue weighted by molar-refractivity contribution is 4.95. The Bertz CT molecular complexity index is 183. The fourth-order valence-electron chi connectivity index (χ4n) is 2.81. The van der Waals surface area contributed by atoms with Gasteiger partial charge in [0.15, 0.2) is 0 Å². The van der Waals surface area contributed by atoms with Gasteiger partial charge in [-0.15, -0.1) is 0 Å². The number of rotatable bonds is 1. The molecule has 0 spiro atoms. The van der Waals surface area contributed by atoms with Crippen molar-refractivity contribution in [3.8, 4) is 0 Å². The molecule has 1 saturated carbocycles. The number of hydrogen-bond donors (Lipinski definition) is 1. The second kappa shape index (κ2) is 3.25. The zero-order chi connectivity index (χ0) is 9.47. The Morgan fingerprint density at radius 3 is 2.31 bits per heavy atom. The van der Waals surface area contributed by atoms with E-state index in [0.717, 1.165) is 6.42 Å². The Labute approximate surface area is 80.9 Å². The molecule has 1 N–H and O–H groups in total. The highest BCUT2D eigenvalue weighted by atomic mass is 16.3. The van der Waals surface area contributed by atoms with Crippen LogP contribution in [0.15, 0.2) is 0 Å². The minimum Gasteiger partial charge on any atom is -0.391 e. The van der Waals surface area contributed by atoms with Crippen LogP contribution < -0.4 is 0 Å². The van der Waals surface area contributed by atoms with Gasteiger partial charge in [0, 0.05) is 19.1 Å². The van der Waals surface area contributed by atoms with Crippen LogP contribution in [0, 0.1) is 5.41 Å². The van der Waals surface area contributed by atoms with E-state index in [-0.39, 0.29) is 6.10 Å². The Morgan fingerprint density at radius 1 is 1.15 bits per heavy atom. The molecule has 0 amide bonds. The molecule has 0 bridgehead atoms. The number of hydrogen-bond acceptors (Lipinski definition) is 2. The molecule has 0 aromatic carbocycles. The summed E-state index contributed by atoms with van der Waals surface area (Å²) in [5, 5.41) is 9.83. The van der Waals surface area contributed by atoms with Crippen molar-refractivity contribution in [1.82, 2.24) is 4.90 Å². The molecule has 76 valence electrons. The number of nitrogens with zero attached hydrogens (tertiary/aromatic N) is 1. The maximum Gasteiger partial charge on any atom is 0.0695 e. The summed E-state index contributed by atoms with van der Waals surface area (Å²) >= 11 is 0. The lowest BCUT2D eigenvalue weighted by atomic mass is 9.80. The normalized spacial score (nSPS) is 39.9. The third-order valence-electron chi connectivity index (χ3n) is 3.43. The summed E-state index contributed by atoms with van der Waals surface area (Å²) in [4.78, 5) is 2.46. The summed E-state index contributed by atoms with van der Waals surface area (Å²) in [7, 11) is 0. The molecule has 1 aliphatic carbocycles. The summed E-state index contributed by atoms with van der Waals surface area (Å²) < 4.78 is 0. The van der Waals surface area contributed by atoms with Crippen LogP contribution in [0.2, 0.25) is 0 Å². The van der Waals surface area contributed by atoms with Crippen molar-refractivity contribution in [2.75, 3.05) is 13.1 Å². The Hall–Kier alpha value is -0.0800. The molecule has 13 heavy (non-hydrogen) atoms. The van der Waals surface area contributed by atoms with Crippen LogP contribution in [0.3, 0.4) is 0 Å². The van der Waals surface area contributed by atoms with Crippen molar-refractivity contribution >= 4 is 0 Å². The first-order valence-electron chi connectivity index (χ1n) is 5.51. The predicted octanol–water partition coefficient (Wildman–Crippen LogP) is 1.63. The second-order valence-corrected chi connectivity index (χ2v) is 5.49. The first kappa shape index (κ1) is 9.47. The third-order valence-corrected chi connectivity index (χ3v) is 3.43. The fraction of sp³-hybridized carbons (Fsp3) is 1.00.